The van der Waals surface area contributed by atoms with Gasteiger partial charge in [-0.25, -0.2) is 5.43 Å². The molecule has 4 heteroatoms. The molecule has 4 N–H and O–H groups in total. The van der Waals surface area contributed by atoms with E-state index in [1.54, 1.807) is 7.11 Å². The molecule has 15 heavy (non-hydrogen) atoms. The van der Waals surface area contributed by atoms with E-state index in [1.165, 1.54) is 11.1 Å². The second-order valence-corrected chi connectivity index (χ2v) is 3.31. The van der Waals surface area contributed by atoms with Crippen LogP contribution in [0.15, 0.2) is 18.2 Å². The summed E-state index contributed by atoms with van der Waals surface area (Å²) >= 11 is 0. The van der Waals surface area contributed by atoms with E-state index in [0.717, 1.165) is 18.7 Å². The largest absolute Gasteiger partial charge is 0.496 e. The molecule has 0 saturated carbocycles. The predicted octanol–water partition coefficient (Wildman–Crippen LogP) is 0.768. The number of hydrogen-bond donors (Lipinski definition) is 3. The molecule has 0 unspecified atom stereocenters. The number of nitrogens with two attached hydrogens (primary N) is 1. The van der Waals surface area contributed by atoms with Crippen molar-refractivity contribution in [1.82, 2.24) is 10.7 Å². The number of methoxy groups -OCH3 is 1. The number of hydrogen-bond acceptors (Lipinski definition) is 4. The van der Waals surface area contributed by atoms with E-state index in [-0.39, 0.29) is 0 Å². The Morgan fingerprint density at radius 1 is 1.40 bits per heavy atom. The van der Waals surface area contributed by atoms with Crippen LogP contribution in [0.4, 0.5) is 0 Å². The first-order chi connectivity index (χ1) is 7.31. The monoisotopic (exact) mass is 209 g/mol. The summed E-state index contributed by atoms with van der Waals surface area (Å²) < 4.78 is 5.26. The third-order valence-electron chi connectivity index (χ3n) is 2.28. The van der Waals surface area contributed by atoms with Gasteiger partial charge in [-0.3, -0.25) is 11.2 Å². The topological polar surface area (TPSA) is 59.3 Å². The third-order valence-corrected chi connectivity index (χ3v) is 2.28. The summed E-state index contributed by atoms with van der Waals surface area (Å²) in [6.45, 7) is 3.53. The van der Waals surface area contributed by atoms with Crippen LogP contribution < -0.4 is 21.3 Å². The van der Waals surface area contributed by atoms with Crippen LogP contribution in [0.1, 0.15) is 18.1 Å². The van der Waals surface area contributed by atoms with Crippen molar-refractivity contribution in [3.63, 3.8) is 0 Å². The first kappa shape index (κ1) is 12.0. The average molecular weight is 209 g/mol. The lowest BCUT2D eigenvalue weighted by atomic mass is 10.1. The van der Waals surface area contributed by atoms with Gasteiger partial charge in [-0.15, -0.1) is 0 Å². The second-order valence-electron chi connectivity index (χ2n) is 3.31. The molecule has 0 spiro atoms. The molecule has 0 aliphatic carbocycles. The standard InChI is InChI=1S/C11H19N3O/c1-3-10-6-9(7-13-8-14-12)4-5-11(10)15-2/h4-6,13-14H,3,7-8,12H2,1-2H3. The van der Waals surface area contributed by atoms with Crippen LogP contribution in [0.25, 0.3) is 0 Å². The van der Waals surface area contributed by atoms with Crippen molar-refractivity contribution in [1.29, 1.82) is 0 Å². The molecule has 0 aromatic heterocycles. The summed E-state index contributed by atoms with van der Waals surface area (Å²) in [6.07, 6.45) is 0.978. The van der Waals surface area contributed by atoms with Gasteiger partial charge in [0.1, 0.15) is 5.75 Å². The van der Waals surface area contributed by atoms with E-state index >= 15 is 0 Å². The van der Waals surface area contributed by atoms with E-state index in [2.05, 4.69) is 29.8 Å². The van der Waals surface area contributed by atoms with Crippen LogP contribution in [0.3, 0.4) is 0 Å². The molecule has 0 bridgehead atoms. The molecule has 0 fully saturated rings. The molecular formula is C11H19N3O. The molecule has 0 heterocycles. The molecule has 0 aliphatic heterocycles. The van der Waals surface area contributed by atoms with Crippen LogP contribution in [0, 0.1) is 0 Å². The van der Waals surface area contributed by atoms with Gasteiger partial charge in [0, 0.05) is 6.54 Å². The van der Waals surface area contributed by atoms with Gasteiger partial charge >= 0.3 is 0 Å². The Bertz CT molecular complexity index is 302. The number of ether oxygens (including phenoxy) is 1. The normalized spacial score (nSPS) is 10.3. The van der Waals surface area contributed by atoms with Gasteiger partial charge in [0.2, 0.25) is 0 Å². The molecule has 0 radical (unpaired) electrons. The van der Waals surface area contributed by atoms with Crippen molar-refractivity contribution in [2.24, 2.45) is 5.84 Å². The molecule has 1 rings (SSSR count). The van der Waals surface area contributed by atoms with E-state index in [4.69, 9.17) is 10.6 Å². The molecule has 0 atom stereocenters. The summed E-state index contributed by atoms with van der Waals surface area (Å²) in [5.41, 5.74) is 5.03. The quantitative estimate of drug-likeness (QED) is 0.280. The summed E-state index contributed by atoms with van der Waals surface area (Å²) in [7, 11) is 1.70. The Kier molecular flexibility index (Phi) is 5.10. The molecule has 4 nitrogen and oxygen atoms in total. The van der Waals surface area contributed by atoms with Crippen molar-refractivity contribution >= 4 is 0 Å². The maximum Gasteiger partial charge on any atom is 0.122 e. The highest BCUT2D eigenvalue weighted by Crippen LogP contribution is 2.20. The maximum absolute atomic E-state index is 5.26. The molecule has 1 aromatic carbocycles. The predicted molar refractivity (Wildman–Crippen MR) is 61.4 cm³/mol. The van der Waals surface area contributed by atoms with Crippen LogP contribution in [0.5, 0.6) is 5.75 Å². The van der Waals surface area contributed by atoms with Crippen LogP contribution in [-0.2, 0) is 13.0 Å². The first-order valence-electron chi connectivity index (χ1n) is 5.11. The zero-order valence-electron chi connectivity index (χ0n) is 9.34. The average Bonchev–Trinajstić information content (AvgIpc) is 2.29. The Hall–Kier alpha value is -1.10. The highest BCUT2D eigenvalue weighted by Gasteiger charge is 2.01. The SMILES string of the molecule is CCc1cc(CNCNN)ccc1OC. The van der Waals surface area contributed by atoms with Crippen molar-refractivity contribution in [2.75, 3.05) is 13.8 Å². The highest BCUT2D eigenvalue weighted by molar-refractivity contribution is 5.37. The number of hydrazine groups is 1. The summed E-state index contributed by atoms with van der Waals surface area (Å²) in [6, 6.07) is 6.22. The fourth-order valence-electron chi connectivity index (χ4n) is 1.50. The van der Waals surface area contributed by atoms with Crippen LogP contribution in [0.2, 0.25) is 0 Å². The fourth-order valence-corrected chi connectivity index (χ4v) is 1.50. The van der Waals surface area contributed by atoms with Crippen molar-refractivity contribution in [3.05, 3.63) is 29.3 Å². The van der Waals surface area contributed by atoms with Gasteiger partial charge in [-0.1, -0.05) is 19.1 Å². The van der Waals surface area contributed by atoms with Crippen molar-refractivity contribution < 1.29 is 4.74 Å². The van der Waals surface area contributed by atoms with E-state index in [1.807, 2.05) is 6.07 Å². The minimum absolute atomic E-state index is 0.605. The molecule has 1 aromatic rings. The molecule has 0 aliphatic rings. The Morgan fingerprint density at radius 3 is 2.80 bits per heavy atom. The number of rotatable bonds is 6. The Balaban J connectivity index is 2.66. The fraction of sp³-hybridized carbons (Fsp3) is 0.455. The van der Waals surface area contributed by atoms with Gasteiger partial charge in [-0.2, -0.15) is 0 Å². The van der Waals surface area contributed by atoms with Crippen LogP contribution in [-0.4, -0.2) is 13.8 Å². The lowest BCUT2D eigenvalue weighted by molar-refractivity contribution is 0.410. The molecule has 0 amide bonds. The van der Waals surface area contributed by atoms with Gasteiger partial charge in [0.15, 0.2) is 0 Å². The van der Waals surface area contributed by atoms with Gasteiger partial charge in [0.25, 0.3) is 0 Å². The number of nitrogens with one attached hydrogen (secondary N) is 2. The summed E-state index contributed by atoms with van der Waals surface area (Å²) in [4.78, 5) is 0. The third kappa shape index (κ3) is 3.51. The molecule has 0 saturated heterocycles. The zero-order valence-corrected chi connectivity index (χ0v) is 9.34. The Morgan fingerprint density at radius 2 is 2.20 bits per heavy atom. The van der Waals surface area contributed by atoms with E-state index in [9.17, 15) is 0 Å². The second kappa shape index (κ2) is 6.40. The van der Waals surface area contributed by atoms with E-state index in [0.29, 0.717) is 6.67 Å². The smallest absolute Gasteiger partial charge is 0.122 e. The lowest BCUT2D eigenvalue weighted by Crippen LogP contribution is -2.33. The van der Waals surface area contributed by atoms with Gasteiger partial charge in [0.05, 0.1) is 13.8 Å². The molecule has 84 valence electrons. The van der Waals surface area contributed by atoms with Crippen molar-refractivity contribution in [2.45, 2.75) is 19.9 Å². The minimum atomic E-state index is 0.605. The highest BCUT2D eigenvalue weighted by atomic mass is 16.5. The lowest BCUT2D eigenvalue weighted by Gasteiger charge is -2.09. The molecular weight excluding hydrogens is 190 g/mol. The zero-order chi connectivity index (χ0) is 11.1. The number of aryl methyl sites for hydroxylation is 1. The summed E-state index contributed by atoms with van der Waals surface area (Å²) in [5, 5.41) is 3.16. The summed E-state index contributed by atoms with van der Waals surface area (Å²) in [5.74, 6) is 6.12. The van der Waals surface area contributed by atoms with Crippen molar-refractivity contribution in [3.8, 4) is 5.75 Å². The van der Waals surface area contributed by atoms with E-state index < -0.39 is 0 Å². The van der Waals surface area contributed by atoms with Crippen LogP contribution >= 0.6 is 0 Å². The van der Waals surface area contributed by atoms with Gasteiger partial charge in [-0.05, 0) is 23.6 Å². The number of benzene rings is 1. The minimum Gasteiger partial charge on any atom is -0.496 e. The van der Waals surface area contributed by atoms with Gasteiger partial charge < -0.3 is 4.74 Å². The Labute approximate surface area is 90.8 Å². The maximum atomic E-state index is 5.26. The first-order valence-corrected chi connectivity index (χ1v) is 5.11.